The SMILES string of the molecule is NCCNC(=O)C1N(C(=O)Cc2cccs2)CCCN1C(=O)c1cccc(F)c1. The van der Waals surface area contributed by atoms with Gasteiger partial charge in [0.05, 0.1) is 6.42 Å². The van der Waals surface area contributed by atoms with Crippen molar-refractivity contribution in [2.45, 2.75) is 19.0 Å². The first-order chi connectivity index (χ1) is 14.0. The highest BCUT2D eigenvalue weighted by atomic mass is 32.1. The van der Waals surface area contributed by atoms with Crippen molar-refractivity contribution in [3.8, 4) is 0 Å². The van der Waals surface area contributed by atoms with Crippen LogP contribution < -0.4 is 11.1 Å². The second-order valence-corrected chi connectivity index (χ2v) is 7.69. The normalized spacial score (nSPS) is 16.6. The van der Waals surface area contributed by atoms with Gasteiger partial charge < -0.3 is 20.9 Å². The summed E-state index contributed by atoms with van der Waals surface area (Å²) >= 11 is 1.46. The standard InChI is InChI=1S/C20H23FN4O3S/c21-15-5-1-4-14(12-15)20(28)25-10-3-9-24(19(25)18(27)23-8-7-22)17(26)13-16-6-2-11-29-16/h1-2,4-6,11-12,19H,3,7-10,13,22H2,(H,23,27). The van der Waals surface area contributed by atoms with Gasteiger partial charge in [0.25, 0.3) is 11.8 Å². The van der Waals surface area contributed by atoms with E-state index in [0.29, 0.717) is 19.5 Å². The zero-order chi connectivity index (χ0) is 20.8. The van der Waals surface area contributed by atoms with Crippen LogP contribution in [0.4, 0.5) is 4.39 Å². The molecule has 0 spiro atoms. The molecule has 1 aromatic heterocycles. The first kappa shape index (κ1) is 20.9. The Kier molecular flexibility index (Phi) is 6.95. The second kappa shape index (κ2) is 9.62. The summed E-state index contributed by atoms with van der Waals surface area (Å²) in [5.74, 6) is -1.75. The van der Waals surface area contributed by atoms with E-state index in [-0.39, 0.29) is 31.0 Å². The summed E-state index contributed by atoms with van der Waals surface area (Å²) in [4.78, 5) is 42.5. The summed E-state index contributed by atoms with van der Waals surface area (Å²) < 4.78 is 13.6. The van der Waals surface area contributed by atoms with Crippen molar-refractivity contribution in [3.63, 3.8) is 0 Å². The summed E-state index contributed by atoms with van der Waals surface area (Å²) in [6, 6.07) is 9.02. The van der Waals surface area contributed by atoms with Crippen LogP contribution >= 0.6 is 11.3 Å². The van der Waals surface area contributed by atoms with Crippen LogP contribution in [0, 0.1) is 5.82 Å². The van der Waals surface area contributed by atoms with E-state index in [9.17, 15) is 18.8 Å². The molecular formula is C20H23FN4O3S. The fourth-order valence-corrected chi connectivity index (χ4v) is 4.01. The minimum atomic E-state index is -1.10. The molecule has 3 rings (SSSR count). The molecule has 154 valence electrons. The summed E-state index contributed by atoms with van der Waals surface area (Å²) in [5, 5.41) is 4.55. The third-order valence-electron chi connectivity index (χ3n) is 4.62. The van der Waals surface area contributed by atoms with E-state index in [4.69, 9.17) is 5.73 Å². The molecule has 9 heteroatoms. The number of carbonyl (C=O) groups excluding carboxylic acids is 3. The molecule has 0 bridgehead atoms. The molecule has 0 aliphatic carbocycles. The molecule has 3 amide bonds. The zero-order valence-corrected chi connectivity index (χ0v) is 16.7. The topological polar surface area (TPSA) is 95.7 Å². The predicted molar refractivity (Wildman–Crippen MR) is 108 cm³/mol. The number of nitrogens with one attached hydrogen (secondary N) is 1. The lowest BCUT2D eigenvalue weighted by molar-refractivity contribution is -0.148. The second-order valence-electron chi connectivity index (χ2n) is 6.66. The number of amides is 3. The van der Waals surface area contributed by atoms with Gasteiger partial charge in [-0.15, -0.1) is 11.3 Å². The molecule has 1 aliphatic heterocycles. The van der Waals surface area contributed by atoms with E-state index >= 15 is 0 Å². The number of hydrogen-bond donors (Lipinski definition) is 2. The van der Waals surface area contributed by atoms with Gasteiger partial charge in [-0.1, -0.05) is 12.1 Å². The Morgan fingerprint density at radius 1 is 1.17 bits per heavy atom. The lowest BCUT2D eigenvalue weighted by Crippen LogP contribution is -2.64. The largest absolute Gasteiger partial charge is 0.351 e. The highest BCUT2D eigenvalue weighted by molar-refractivity contribution is 7.10. The van der Waals surface area contributed by atoms with Crippen molar-refractivity contribution in [1.29, 1.82) is 0 Å². The minimum Gasteiger partial charge on any atom is -0.351 e. The smallest absolute Gasteiger partial charge is 0.263 e. The van der Waals surface area contributed by atoms with Crippen molar-refractivity contribution in [3.05, 3.63) is 58.0 Å². The molecule has 1 saturated heterocycles. The van der Waals surface area contributed by atoms with Crippen molar-refractivity contribution < 1.29 is 18.8 Å². The zero-order valence-electron chi connectivity index (χ0n) is 15.8. The lowest BCUT2D eigenvalue weighted by atomic mass is 10.1. The Bertz CT molecular complexity index is 874. The van der Waals surface area contributed by atoms with E-state index in [1.807, 2.05) is 17.5 Å². The van der Waals surface area contributed by atoms with E-state index in [1.54, 1.807) is 0 Å². The van der Waals surface area contributed by atoms with Crippen LogP contribution in [0.1, 0.15) is 21.7 Å². The van der Waals surface area contributed by atoms with E-state index < -0.39 is 23.8 Å². The molecule has 1 fully saturated rings. The van der Waals surface area contributed by atoms with Crippen molar-refractivity contribution in [1.82, 2.24) is 15.1 Å². The maximum atomic E-state index is 13.6. The van der Waals surface area contributed by atoms with Crippen LogP contribution in [0.2, 0.25) is 0 Å². The molecule has 2 aromatic rings. The molecule has 1 aromatic carbocycles. The van der Waals surface area contributed by atoms with Crippen molar-refractivity contribution in [2.24, 2.45) is 5.73 Å². The monoisotopic (exact) mass is 418 g/mol. The number of nitrogens with two attached hydrogens (primary N) is 1. The fraction of sp³-hybridized carbons (Fsp3) is 0.350. The van der Waals surface area contributed by atoms with Gasteiger partial charge in [0.15, 0.2) is 6.17 Å². The fourth-order valence-electron chi connectivity index (χ4n) is 3.32. The maximum Gasteiger partial charge on any atom is 0.263 e. The molecule has 29 heavy (non-hydrogen) atoms. The number of halogens is 1. The highest BCUT2D eigenvalue weighted by Crippen LogP contribution is 2.21. The number of hydrogen-bond acceptors (Lipinski definition) is 5. The lowest BCUT2D eigenvalue weighted by Gasteiger charge is -2.42. The Morgan fingerprint density at radius 3 is 2.66 bits per heavy atom. The van der Waals surface area contributed by atoms with Gasteiger partial charge in [0, 0.05) is 36.6 Å². The molecular weight excluding hydrogens is 395 g/mol. The Balaban J connectivity index is 1.87. The van der Waals surface area contributed by atoms with Crippen LogP contribution in [-0.2, 0) is 16.0 Å². The molecule has 1 atom stereocenters. The van der Waals surface area contributed by atoms with Gasteiger partial charge in [-0.05, 0) is 36.1 Å². The number of thiophene rings is 1. The van der Waals surface area contributed by atoms with Crippen LogP contribution in [0.3, 0.4) is 0 Å². The number of benzene rings is 1. The predicted octanol–water partition coefficient (Wildman–Crippen LogP) is 1.21. The Hall–Kier alpha value is -2.78. The van der Waals surface area contributed by atoms with Crippen LogP contribution in [-0.4, -0.2) is 59.9 Å². The molecule has 7 nitrogen and oxygen atoms in total. The average Bonchev–Trinajstić information content (AvgIpc) is 3.23. The van der Waals surface area contributed by atoms with Gasteiger partial charge in [-0.3, -0.25) is 14.4 Å². The molecule has 1 aliphatic rings. The number of nitrogens with zero attached hydrogens (tertiary/aromatic N) is 2. The third-order valence-corrected chi connectivity index (χ3v) is 5.50. The average molecular weight is 418 g/mol. The Morgan fingerprint density at radius 2 is 1.97 bits per heavy atom. The van der Waals surface area contributed by atoms with Crippen LogP contribution in [0.15, 0.2) is 41.8 Å². The summed E-state index contributed by atoms with van der Waals surface area (Å²) in [7, 11) is 0. The molecule has 1 unspecified atom stereocenters. The highest BCUT2D eigenvalue weighted by Gasteiger charge is 2.40. The number of rotatable bonds is 6. The van der Waals surface area contributed by atoms with E-state index in [2.05, 4.69) is 5.32 Å². The molecule has 0 radical (unpaired) electrons. The van der Waals surface area contributed by atoms with Gasteiger partial charge >= 0.3 is 0 Å². The minimum absolute atomic E-state index is 0.134. The van der Waals surface area contributed by atoms with Crippen LogP contribution in [0.25, 0.3) is 0 Å². The summed E-state index contributed by atoms with van der Waals surface area (Å²) in [5.41, 5.74) is 5.61. The van der Waals surface area contributed by atoms with E-state index in [0.717, 1.165) is 10.9 Å². The van der Waals surface area contributed by atoms with Crippen LogP contribution in [0.5, 0.6) is 0 Å². The Labute approximate surface area is 172 Å². The van der Waals surface area contributed by atoms with Crippen molar-refractivity contribution in [2.75, 3.05) is 26.2 Å². The number of carbonyl (C=O) groups is 3. The molecule has 2 heterocycles. The van der Waals surface area contributed by atoms with E-state index in [1.165, 1.54) is 39.3 Å². The molecule has 3 N–H and O–H groups in total. The first-order valence-corrected chi connectivity index (χ1v) is 10.3. The molecule has 0 saturated carbocycles. The van der Waals surface area contributed by atoms with Gasteiger partial charge in [-0.2, -0.15) is 0 Å². The quantitative estimate of drug-likeness (QED) is 0.737. The first-order valence-electron chi connectivity index (χ1n) is 9.37. The van der Waals surface area contributed by atoms with Gasteiger partial charge in [0.1, 0.15) is 5.82 Å². The maximum absolute atomic E-state index is 13.6. The third kappa shape index (κ3) is 4.99. The van der Waals surface area contributed by atoms with Gasteiger partial charge in [-0.25, -0.2) is 4.39 Å². The summed E-state index contributed by atoms with van der Waals surface area (Å²) in [6.45, 7) is 1.11. The summed E-state index contributed by atoms with van der Waals surface area (Å²) in [6.07, 6.45) is -0.420. The van der Waals surface area contributed by atoms with Crippen molar-refractivity contribution >= 4 is 29.1 Å². The van der Waals surface area contributed by atoms with Gasteiger partial charge in [0.2, 0.25) is 5.91 Å².